The number of imide groups is 1. The van der Waals surface area contributed by atoms with Gasteiger partial charge >= 0.3 is 6.03 Å². The minimum atomic E-state index is -0.463. The summed E-state index contributed by atoms with van der Waals surface area (Å²) in [5, 5.41) is 0. The van der Waals surface area contributed by atoms with Gasteiger partial charge in [-0.05, 0) is 31.5 Å². The molecule has 0 bridgehead atoms. The van der Waals surface area contributed by atoms with Crippen LogP contribution >= 0.6 is 0 Å². The van der Waals surface area contributed by atoms with Crippen molar-refractivity contribution in [1.29, 1.82) is 0 Å². The van der Waals surface area contributed by atoms with Gasteiger partial charge in [-0.25, -0.2) is 14.1 Å². The Labute approximate surface area is 105 Å². The zero-order valence-electron chi connectivity index (χ0n) is 10.4. The van der Waals surface area contributed by atoms with E-state index in [0.717, 1.165) is 11.3 Å². The molecule has 1 aliphatic rings. The zero-order valence-corrected chi connectivity index (χ0v) is 10.4. The van der Waals surface area contributed by atoms with E-state index >= 15 is 0 Å². The highest BCUT2D eigenvalue weighted by atomic mass is 19.1. The second kappa shape index (κ2) is 4.76. The molecule has 1 heterocycles. The van der Waals surface area contributed by atoms with E-state index in [0.29, 0.717) is 0 Å². The molecule has 96 valence electrons. The Hall–Kier alpha value is -1.91. The Bertz CT molecular complexity index is 490. The molecule has 1 fully saturated rings. The maximum absolute atomic E-state index is 13.1. The summed E-state index contributed by atoms with van der Waals surface area (Å²) in [4.78, 5) is 26.5. The number of carbonyl (C=O) groups is 2. The number of nitrogens with zero attached hydrogens (tertiary/aromatic N) is 2. The van der Waals surface area contributed by atoms with Gasteiger partial charge in [-0.3, -0.25) is 4.79 Å². The maximum Gasteiger partial charge on any atom is 0.332 e. The van der Waals surface area contributed by atoms with Crippen LogP contribution in [0.1, 0.15) is 20.3 Å². The first-order chi connectivity index (χ1) is 8.54. The molecular weight excluding hydrogens is 235 g/mol. The molecule has 2 rings (SSSR count). The second-order valence-electron chi connectivity index (χ2n) is 4.38. The van der Waals surface area contributed by atoms with Gasteiger partial charge in [0.1, 0.15) is 12.4 Å². The van der Waals surface area contributed by atoms with Gasteiger partial charge in [0.15, 0.2) is 0 Å². The minimum absolute atomic E-state index is 0.00000850. The van der Waals surface area contributed by atoms with E-state index < -0.39 is 5.82 Å². The van der Waals surface area contributed by atoms with Crippen molar-refractivity contribution < 1.29 is 14.0 Å². The van der Waals surface area contributed by atoms with Crippen molar-refractivity contribution in [2.75, 3.05) is 11.4 Å². The molecular formula is C13H15FN2O2. The SMILES string of the molecule is CCC(C)N1CC(=O)N(c2cccc(F)c2)C1=O. The minimum Gasteiger partial charge on any atom is -0.312 e. The Morgan fingerprint density at radius 3 is 2.72 bits per heavy atom. The molecule has 4 nitrogen and oxygen atoms in total. The largest absolute Gasteiger partial charge is 0.332 e. The van der Waals surface area contributed by atoms with Crippen LogP contribution in [0.15, 0.2) is 24.3 Å². The van der Waals surface area contributed by atoms with E-state index in [-0.39, 0.29) is 30.2 Å². The molecule has 0 aliphatic carbocycles. The molecule has 1 unspecified atom stereocenters. The molecule has 1 saturated heterocycles. The van der Waals surface area contributed by atoms with E-state index in [1.54, 1.807) is 6.07 Å². The van der Waals surface area contributed by atoms with Gasteiger partial charge in [0.05, 0.1) is 5.69 Å². The Balaban J connectivity index is 2.30. The van der Waals surface area contributed by atoms with Gasteiger partial charge in [-0.15, -0.1) is 0 Å². The monoisotopic (exact) mass is 250 g/mol. The summed E-state index contributed by atoms with van der Waals surface area (Å²) < 4.78 is 13.1. The Morgan fingerprint density at radius 2 is 2.11 bits per heavy atom. The molecule has 0 radical (unpaired) electrons. The van der Waals surface area contributed by atoms with Crippen LogP contribution < -0.4 is 4.90 Å². The fourth-order valence-electron chi connectivity index (χ4n) is 1.95. The van der Waals surface area contributed by atoms with Crippen molar-refractivity contribution in [2.45, 2.75) is 26.3 Å². The van der Waals surface area contributed by atoms with Gasteiger partial charge in [-0.2, -0.15) is 0 Å². The third kappa shape index (κ3) is 2.08. The fraction of sp³-hybridized carbons (Fsp3) is 0.385. The first-order valence-electron chi connectivity index (χ1n) is 5.93. The lowest BCUT2D eigenvalue weighted by atomic mass is 10.2. The average Bonchev–Trinajstić information content (AvgIpc) is 2.64. The van der Waals surface area contributed by atoms with Crippen molar-refractivity contribution in [2.24, 2.45) is 0 Å². The maximum atomic E-state index is 13.1. The normalized spacial score (nSPS) is 17.5. The Morgan fingerprint density at radius 1 is 1.39 bits per heavy atom. The summed E-state index contributed by atoms with van der Waals surface area (Å²) in [6.07, 6.45) is 0.774. The third-order valence-electron chi connectivity index (χ3n) is 3.18. The number of carbonyl (C=O) groups excluding carboxylic acids is 2. The number of hydrogen-bond donors (Lipinski definition) is 0. The number of amides is 3. The highest BCUT2D eigenvalue weighted by molar-refractivity contribution is 6.19. The number of urea groups is 1. The van der Waals surface area contributed by atoms with Gasteiger partial charge in [0.25, 0.3) is 5.91 Å². The van der Waals surface area contributed by atoms with Crippen LogP contribution in [0.5, 0.6) is 0 Å². The lowest BCUT2D eigenvalue weighted by molar-refractivity contribution is -0.116. The van der Waals surface area contributed by atoms with Gasteiger partial charge in [-0.1, -0.05) is 13.0 Å². The number of halogens is 1. The molecule has 0 saturated carbocycles. The van der Waals surface area contributed by atoms with Crippen molar-refractivity contribution in [3.05, 3.63) is 30.1 Å². The molecule has 3 amide bonds. The highest BCUT2D eigenvalue weighted by Crippen LogP contribution is 2.23. The number of anilines is 1. The second-order valence-corrected chi connectivity index (χ2v) is 4.38. The third-order valence-corrected chi connectivity index (χ3v) is 3.18. The summed E-state index contributed by atoms with van der Waals surface area (Å²) >= 11 is 0. The van der Waals surface area contributed by atoms with Gasteiger partial charge < -0.3 is 4.90 Å². The standard InChI is InChI=1S/C13H15FN2O2/c1-3-9(2)15-8-12(17)16(13(15)18)11-6-4-5-10(14)7-11/h4-7,9H,3,8H2,1-2H3. The van der Waals surface area contributed by atoms with Crippen molar-refractivity contribution in [3.8, 4) is 0 Å². The molecule has 1 aromatic carbocycles. The van der Waals surface area contributed by atoms with E-state index in [1.807, 2.05) is 13.8 Å². The first kappa shape index (κ1) is 12.5. The highest BCUT2D eigenvalue weighted by Gasteiger charge is 2.38. The molecule has 18 heavy (non-hydrogen) atoms. The number of benzene rings is 1. The zero-order chi connectivity index (χ0) is 13.3. The summed E-state index contributed by atoms with van der Waals surface area (Å²) in [5.74, 6) is -0.777. The van der Waals surface area contributed by atoms with Gasteiger partial charge in [0, 0.05) is 6.04 Å². The predicted octanol–water partition coefficient (Wildman–Crippen LogP) is 2.39. The van der Waals surface area contributed by atoms with Crippen molar-refractivity contribution in [3.63, 3.8) is 0 Å². The van der Waals surface area contributed by atoms with E-state index in [1.165, 1.54) is 23.1 Å². The predicted molar refractivity (Wildman–Crippen MR) is 65.7 cm³/mol. The van der Waals surface area contributed by atoms with E-state index in [4.69, 9.17) is 0 Å². The quantitative estimate of drug-likeness (QED) is 0.773. The van der Waals surface area contributed by atoms with Crippen LogP contribution in [0.4, 0.5) is 14.9 Å². The van der Waals surface area contributed by atoms with Gasteiger partial charge in [0.2, 0.25) is 0 Å². The van der Waals surface area contributed by atoms with Crippen LogP contribution in [-0.2, 0) is 4.79 Å². The number of rotatable bonds is 3. The molecule has 1 atom stereocenters. The molecule has 5 heteroatoms. The molecule has 0 N–H and O–H groups in total. The summed E-state index contributed by atoms with van der Waals surface area (Å²) in [7, 11) is 0. The topological polar surface area (TPSA) is 40.6 Å². The molecule has 0 spiro atoms. The van der Waals surface area contributed by atoms with E-state index in [2.05, 4.69) is 0 Å². The summed E-state index contributed by atoms with van der Waals surface area (Å²) in [6.45, 7) is 3.90. The molecule has 1 aliphatic heterocycles. The summed E-state index contributed by atoms with van der Waals surface area (Å²) in [6, 6.07) is 5.13. The first-order valence-corrected chi connectivity index (χ1v) is 5.93. The fourth-order valence-corrected chi connectivity index (χ4v) is 1.95. The average molecular weight is 250 g/mol. The van der Waals surface area contributed by atoms with Crippen LogP contribution in [0.3, 0.4) is 0 Å². The number of hydrogen-bond acceptors (Lipinski definition) is 2. The smallest absolute Gasteiger partial charge is 0.312 e. The van der Waals surface area contributed by atoms with Crippen LogP contribution in [0.25, 0.3) is 0 Å². The van der Waals surface area contributed by atoms with Crippen molar-refractivity contribution in [1.82, 2.24) is 4.90 Å². The molecule has 1 aromatic rings. The van der Waals surface area contributed by atoms with Crippen molar-refractivity contribution >= 4 is 17.6 Å². The van der Waals surface area contributed by atoms with Crippen LogP contribution in [-0.4, -0.2) is 29.4 Å². The van der Waals surface area contributed by atoms with E-state index in [9.17, 15) is 14.0 Å². The summed E-state index contributed by atoms with van der Waals surface area (Å²) in [5.41, 5.74) is 0.288. The van der Waals surface area contributed by atoms with Crippen LogP contribution in [0, 0.1) is 5.82 Å². The molecule has 0 aromatic heterocycles. The lowest BCUT2D eigenvalue weighted by Crippen LogP contribution is -2.37. The lowest BCUT2D eigenvalue weighted by Gasteiger charge is -2.22. The Kier molecular flexibility index (Phi) is 3.32. The van der Waals surface area contributed by atoms with Crippen LogP contribution in [0.2, 0.25) is 0 Å².